The largest absolute Gasteiger partial charge is 0.444 e. The van der Waals surface area contributed by atoms with Crippen LogP contribution in [0.25, 0.3) is 0 Å². The summed E-state index contributed by atoms with van der Waals surface area (Å²) in [6, 6.07) is 0. The standard InChI is InChI=1S/C16H23N3O4S/c1-16(2,3)23-15(21)19-7-6-10-12(9-19)24-14(17-10)18-13(20)11-5-4-8-22-11/h11H,4-9H2,1-3H3,(H,17,18,20)/t11-/m0/s1. The van der Waals surface area contributed by atoms with Gasteiger partial charge in [0, 0.05) is 24.4 Å². The highest BCUT2D eigenvalue weighted by atomic mass is 32.1. The van der Waals surface area contributed by atoms with Crippen LogP contribution in [0.2, 0.25) is 0 Å². The molecule has 3 heterocycles. The van der Waals surface area contributed by atoms with Gasteiger partial charge in [-0.15, -0.1) is 0 Å². The van der Waals surface area contributed by atoms with Crippen molar-refractivity contribution >= 4 is 28.5 Å². The fourth-order valence-corrected chi connectivity index (χ4v) is 3.73. The van der Waals surface area contributed by atoms with Gasteiger partial charge in [0.1, 0.15) is 11.7 Å². The number of nitrogens with zero attached hydrogens (tertiary/aromatic N) is 2. The van der Waals surface area contributed by atoms with Gasteiger partial charge in [0.25, 0.3) is 5.91 Å². The first-order valence-corrected chi connectivity index (χ1v) is 9.02. The summed E-state index contributed by atoms with van der Waals surface area (Å²) in [5.74, 6) is -0.136. The molecule has 1 atom stereocenters. The molecular weight excluding hydrogens is 330 g/mol. The van der Waals surface area contributed by atoms with Crippen LogP contribution in [-0.2, 0) is 27.2 Å². The zero-order valence-corrected chi connectivity index (χ0v) is 15.1. The van der Waals surface area contributed by atoms with Gasteiger partial charge in [0.15, 0.2) is 5.13 Å². The maximum Gasteiger partial charge on any atom is 0.410 e. The van der Waals surface area contributed by atoms with Crippen LogP contribution in [-0.4, -0.2) is 46.7 Å². The summed E-state index contributed by atoms with van der Waals surface area (Å²) in [6.45, 7) is 7.24. The molecule has 1 fully saturated rings. The summed E-state index contributed by atoms with van der Waals surface area (Å²) in [5, 5.41) is 3.41. The molecule has 8 heteroatoms. The van der Waals surface area contributed by atoms with Crippen molar-refractivity contribution in [3.63, 3.8) is 0 Å². The highest BCUT2D eigenvalue weighted by Gasteiger charge is 2.29. The van der Waals surface area contributed by atoms with Crippen LogP contribution >= 0.6 is 11.3 Å². The van der Waals surface area contributed by atoms with Crippen molar-refractivity contribution in [3.8, 4) is 0 Å². The van der Waals surface area contributed by atoms with E-state index in [1.54, 1.807) is 4.90 Å². The lowest BCUT2D eigenvalue weighted by Crippen LogP contribution is -2.39. The van der Waals surface area contributed by atoms with Crippen molar-refractivity contribution in [1.82, 2.24) is 9.88 Å². The lowest BCUT2D eigenvalue weighted by Gasteiger charge is -2.29. The van der Waals surface area contributed by atoms with E-state index in [0.717, 1.165) is 23.4 Å². The van der Waals surface area contributed by atoms with Gasteiger partial charge in [-0.3, -0.25) is 10.1 Å². The van der Waals surface area contributed by atoms with Crippen LogP contribution in [0, 0.1) is 0 Å². The summed E-state index contributed by atoms with van der Waals surface area (Å²) in [5.41, 5.74) is 0.438. The molecule has 132 valence electrons. The highest BCUT2D eigenvalue weighted by Crippen LogP contribution is 2.29. The maximum atomic E-state index is 12.2. The molecule has 1 N–H and O–H groups in total. The molecule has 0 aromatic carbocycles. The maximum absolute atomic E-state index is 12.2. The molecule has 0 bridgehead atoms. The summed E-state index contributed by atoms with van der Waals surface area (Å²) < 4.78 is 10.8. The SMILES string of the molecule is CC(C)(C)OC(=O)N1CCc2nc(NC(=O)[C@@H]3CCCO3)sc2C1. The van der Waals surface area contributed by atoms with E-state index in [9.17, 15) is 9.59 Å². The van der Waals surface area contributed by atoms with E-state index in [2.05, 4.69) is 10.3 Å². The summed E-state index contributed by atoms with van der Waals surface area (Å²) >= 11 is 1.41. The topological polar surface area (TPSA) is 80.8 Å². The van der Waals surface area contributed by atoms with Crippen molar-refractivity contribution in [2.75, 3.05) is 18.5 Å². The molecule has 1 saturated heterocycles. The average molecular weight is 353 g/mol. The smallest absolute Gasteiger partial charge is 0.410 e. The molecule has 2 amide bonds. The third-order valence-electron chi connectivity index (χ3n) is 3.84. The van der Waals surface area contributed by atoms with Gasteiger partial charge < -0.3 is 14.4 Å². The predicted molar refractivity (Wildman–Crippen MR) is 90.1 cm³/mol. The lowest BCUT2D eigenvalue weighted by atomic mass is 10.2. The van der Waals surface area contributed by atoms with Crippen LogP contribution in [0.1, 0.15) is 44.2 Å². The van der Waals surface area contributed by atoms with Crippen molar-refractivity contribution < 1.29 is 19.1 Å². The van der Waals surface area contributed by atoms with Crippen LogP contribution in [0.4, 0.5) is 9.93 Å². The number of rotatable bonds is 2. The first-order chi connectivity index (χ1) is 11.3. The molecule has 7 nitrogen and oxygen atoms in total. The summed E-state index contributed by atoms with van der Waals surface area (Å²) in [6.07, 6.45) is 1.65. The first-order valence-electron chi connectivity index (χ1n) is 8.21. The second kappa shape index (κ2) is 6.68. The van der Waals surface area contributed by atoms with Crippen LogP contribution in [0.3, 0.4) is 0 Å². The molecule has 3 rings (SSSR count). The number of hydrogen-bond acceptors (Lipinski definition) is 6. The molecule has 0 aliphatic carbocycles. The molecule has 0 unspecified atom stereocenters. The number of hydrogen-bond donors (Lipinski definition) is 1. The Hall–Kier alpha value is -1.67. The second-order valence-electron chi connectivity index (χ2n) is 7.03. The minimum Gasteiger partial charge on any atom is -0.444 e. The first kappa shape index (κ1) is 17.2. The van der Waals surface area contributed by atoms with E-state index in [1.807, 2.05) is 20.8 Å². The van der Waals surface area contributed by atoms with E-state index in [4.69, 9.17) is 9.47 Å². The third kappa shape index (κ3) is 4.05. The van der Waals surface area contributed by atoms with Gasteiger partial charge in [0.2, 0.25) is 0 Å². The lowest BCUT2D eigenvalue weighted by molar-refractivity contribution is -0.124. The second-order valence-corrected chi connectivity index (χ2v) is 8.12. The average Bonchev–Trinajstić information content (AvgIpc) is 3.13. The fraction of sp³-hybridized carbons (Fsp3) is 0.688. The highest BCUT2D eigenvalue weighted by molar-refractivity contribution is 7.15. The number of aromatic nitrogens is 1. The zero-order valence-electron chi connectivity index (χ0n) is 14.3. The quantitative estimate of drug-likeness (QED) is 0.884. The number of amides is 2. The van der Waals surface area contributed by atoms with Gasteiger partial charge >= 0.3 is 6.09 Å². The van der Waals surface area contributed by atoms with E-state index in [1.165, 1.54) is 11.3 Å². The zero-order chi connectivity index (χ0) is 17.3. The van der Waals surface area contributed by atoms with Crippen LogP contribution < -0.4 is 5.32 Å². The number of ether oxygens (including phenoxy) is 2. The van der Waals surface area contributed by atoms with Gasteiger partial charge in [-0.25, -0.2) is 9.78 Å². The Kier molecular flexibility index (Phi) is 4.78. The Morgan fingerprint density at radius 3 is 2.88 bits per heavy atom. The normalized spacial score (nSPS) is 20.6. The Labute approximate surface area is 145 Å². The molecule has 2 aliphatic rings. The Morgan fingerprint density at radius 2 is 2.21 bits per heavy atom. The Balaban J connectivity index is 1.62. The fourth-order valence-electron chi connectivity index (χ4n) is 2.70. The molecule has 2 aliphatic heterocycles. The molecule has 0 radical (unpaired) electrons. The molecule has 0 spiro atoms. The third-order valence-corrected chi connectivity index (χ3v) is 4.83. The Morgan fingerprint density at radius 1 is 1.42 bits per heavy atom. The molecule has 1 aromatic heterocycles. The van der Waals surface area contributed by atoms with Gasteiger partial charge in [-0.1, -0.05) is 11.3 Å². The van der Waals surface area contributed by atoms with Crippen molar-refractivity contribution in [3.05, 3.63) is 10.6 Å². The van der Waals surface area contributed by atoms with Gasteiger partial charge in [-0.2, -0.15) is 0 Å². The monoisotopic (exact) mass is 353 g/mol. The number of fused-ring (bicyclic) bond motifs is 1. The minimum absolute atomic E-state index is 0.136. The minimum atomic E-state index is -0.508. The number of anilines is 1. The summed E-state index contributed by atoms with van der Waals surface area (Å²) in [7, 11) is 0. The van der Waals surface area contributed by atoms with E-state index in [0.29, 0.717) is 31.2 Å². The van der Waals surface area contributed by atoms with Crippen molar-refractivity contribution in [2.45, 2.75) is 58.3 Å². The molecule has 24 heavy (non-hydrogen) atoms. The molecular formula is C16H23N3O4S. The van der Waals surface area contributed by atoms with Crippen molar-refractivity contribution in [2.24, 2.45) is 0 Å². The van der Waals surface area contributed by atoms with Crippen LogP contribution in [0.5, 0.6) is 0 Å². The van der Waals surface area contributed by atoms with E-state index < -0.39 is 5.60 Å². The number of carbonyl (C=O) groups excluding carboxylic acids is 2. The molecule has 1 aromatic rings. The van der Waals surface area contributed by atoms with Gasteiger partial charge in [-0.05, 0) is 33.6 Å². The van der Waals surface area contributed by atoms with Crippen LogP contribution in [0.15, 0.2) is 0 Å². The summed E-state index contributed by atoms with van der Waals surface area (Å²) in [4.78, 5) is 31.4. The number of carbonyl (C=O) groups is 2. The van der Waals surface area contributed by atoms with E-state index >= 15 is 0 Å². The molecule has 0 saturated carbocycles. The van der Waals surface area contributed by atoms with Crippen molar-refractivity contribution in [1.29, 1.82) is 0 Å². The number of thiazole rings is 1. The van der Waals surface area contributed by atoms with Gasteiger partial charge in [0.05, 0.1) is 12.2 Å². The predicted octanol–water partition coefficient (Wildman–Crippen LogP) is 2.55. The number of nitrogens with one attached hydrogen (secondary N) is 1. The Bertz CT molecular complexity index is 632. The van der Waals surface area contributed by atoms with E-state index in [-0.39, 0.29) is 18.1 Å².